The van der Waals surface area contributed by atoms with Gasteiger partial charge in [-0.2, -0.15) is 0 Å². The lowest BCUT2D eigenvalue weighted by atomic mass is 10.0. The minimum Gasteiger partial charge on any atom is -0.420 e. The molecule has 5 heterocycles. The van der Waals surface area contributed by atoms with E-state index in [9.17, 15) is 9.59 Å². The molecule has 0 unspecified atom stereocenters. The van der Waals surface area contributed by atoms with Gasteiger partial charge in [-0.15, -0.1) is 10.2 Å². The Kier molecular flexibility index (Phi) is 6.07. The number of aryl methyl sites for hydroxylation is 1. The summed E-state index contributed by atoms with van der Waals surface area (Å²) < 4.78 is 9.57. The molecule has 0 spiro atoms. The number of H-pyrrole nitrogens is 1. The third-order valence-corrected chi connectivity index (χ3v) is 7.28. The number of likely N-dealkylation sites (tertiary alicyclic amines) is 1. The number of carbonyl (C=O) groups is 1. The van der Waals surface area contributed by atoms with Crippen LogP contribution in [0.2, 0.25) is 5.02 Å². The monoisotopic (exact) mass is 532 g/mol. The maximum absolute atomic E-state index is 13.0. The second-order valence-electron chi connectivity index (χ2n) is 9.47. The van der Waals surface area contributed by atoms with E-state index < -0.39 is 0 Å². The number of amides is 1. The summed E-state index contributed by atoms with van der Waals surface area (Å²) in [5.41, 5.74) is 3.68. The van der Waals surface area contributed by atoms with Crippen molar-refractivity contribution in [3.63, 3.8) is 0 Å². The van der Waals surface area contributed by atoms with Gasteiger partial charge in [0.2, 0.25) is 17.7 Å². The van der Waals surface area contributed by atoms with Crippen molar-refractivity contribution in [2.75, 3.05) is 13.1 Å². The highest BCUT2D eigenvalue weighted by atomic mass is 35.5. The van der Waals surface area contributed by atoms with Crippen LogP contribution >= 0.6 is 11.6 Å². The highest BCUT2D eigenvalue weighted by molar-refractivity contribution is 6.31. The summed E-state index contributed by atoms with van der Waals surface area (Å²) in [6, 6.07) is 9.15. The zero-order valence-corrected chi connectivity index (χ0v) is 21.6. The molecule has 1 amide bonds. The molecule has 0 atom stereocenters. The van der Waals surface area contributed by atoms with Crippen molar-refractivity contribution in [2.24, 2.45) is 7.05 Å². The lowest BCUT2D eigenvalue weighted by Crippen LogP contribution is -2.41. The zero-order valence-electron chi connectivity index (χ0n) is 20.9. The standard InChI is InChI=1S/C26H25ClN8O3/c1-15-14-29-24(33(15)2)16-10-17(12-18(27)11-16)25-32-31-21(38-25)13-22(36)34-8-5-19(6-9-34)35-20-4-3-7-28-23(20)30-26(35)37/h3-4,7,10-12,14,19H,5-6,8-9,13H2,1-2H3,(H,28,30,37). The van der Waals surface area contributed by atoms with Gasteiger partial charge in [-0.1, -0.05) is 11.6 Å². The van der Waals surface area contributed by atoms with Crippen LogP contribution in [0, 0.1) is 6.92 Å². The second-order valence-corrected chi connectivity index (χ2v) is 9.91. The van der Waals surface area contributed by atoms with Gasteiger partial charge < -0.3 is 13.9 Å². The zero-order chi connectivity index (χ0) is 26.4. The van der Waals surface area contributed by atoms with Crippen LogP contribution in [-0.4, -0.2) is 58.2 Å². The van der Waals surface area contributed by atoms with Crippen molar-refractivity contribution in [2.45, 2.75) is 32.2 Å². The van der Waals surface area contributed by atoms with E-state index in [0.29, 0.717) is 42.2 Å². The quantitative estimate of drug-likeness (QED) is 0.366. The minimum absolute atomic E-state index is 0.000599. The van der Waals surface area contributed by atoms with E-state index in [1.807, 2.05) is 42.8 Å². The summed E-state index contributed by atoms with van der Waals surface area (Å²) in [7, 11) is 1.94. The molecular weight excluding hydrogens is 508 g/mol. The number of imidazole rings is 2. The molecule has 0 bridgehead atoms. The fraction of sp³-hybridized carbons (Fsp3) is 0.308. The van der Waals surface area contributed by atoms with Crippen LogP contribution in [0.4, 0.5) is 0 Å². The van der Waals surface area contributed by atoms with Crippen LogP contribution < -0.4 is 5.69 Å². The van der Waals surface area contributed by atoms with Crippen LogP contribution in [0.3, 0.4) is 0 Å². The van der Waals surface area contributed by atoms with E-state index in [1.54, 1.807) is 27.9 Å². The lowest BCUT2D eigenvalue weighted by Gasteiger charge is -2.32. The molecule has 1 N–H and O–H groups in total. The van der Waals surface area contributed by atoms with Gasteiger partial charge >= 0.3 is 5.69 Å². The van der Waals surface area contributed by atoms with Crippen molar-refractivity contribution in [3.8, 4) is 22.8 Å². The van der Waals surface area contributed by atoms with Gasteiger partial charge in [0.05, 0.1) is 5.52 Å². The van der Waals surface area contributed by atoms with Crippen molar-refractivity contribution < 1.29 is 9.21 Å². The normalized spacial score (nSPS) is 14.4. The molecule has 1 saturated heterocycles. The van der Waals surface area contributed by atoms with Crippen LogP contribution in [0.25, 0.3) is 34.0 Å². The molecule has 0 saturated carbocycles. The van der Waals surface area contributed by atoms with E-state index in [1.165, 1.54) is 0 Å². The molecule has 11 nitrogen and oxygen atoms in total. The molecule has 0 radical (unpaired) electrons. The summed E-state index contributed by atoms with van der Waals surface area (Å²) in [4.78, 5) is 38.8. The first-order chi connectivity index (χ1) is 18.4. The Hall–Kier alpha value is -4.25. The van der Waals surface area contributed by atoms with Gasteiger partial charge in [-0.05, 0) is 50.1 Å². The Labute approximate surface area is 222 Å². The van der Waals surface area contributed by atoms with Crippen molar-refractivity contribution in [3.05, 3.63) is 69.8 Å². The molecule has 5 aromatic rings. The summed E-state index contributed by atoms with van der Waals surface area (Å²) in [6.07, 6.45) is 4.78. The molecule has 38 heavy (non-hydrogen) atoms. The molecule has 6 rings (SSSR count). The molecule has 4 aromatic heterocycles. The topological polar surface area (TPSA) is 128 Å². The maximum Gasteiger partial charge on any atom is 0.327 e. The first-order valence-electron chi connectivity index (χ1n) is 12.3. The first kappa shape index (κ1) is 24.1. The SMILES string of the molecule is Cc1cnc(-c2cc(Cl)cc(-c3nnc(CC(=O)N4CCC(n5c(=O)[nH]c6ncccc65)CC4)o3)c2)n1C. The van der Waals surface area contributed by atoms with Crippen molar-refractivity contribution in [1.29, 1.82) is 0 Å². The third kappa shape index (κ3) is 4.38. The Morgan fingerprint density at radius 2 is 1.95 bits per heavy atom. The molecule has 1 fully saturated rings. The number of nitrogens with one attached hydrogen (secondary N) is 1. The fourth-order valence-electron chi connectivity index (χ4n) is 4.98. The summed E-state index contributed by atoms with van der Waals surface area (Å²) in [5, 5.41) is 8.77. The number of nitrogens with zero attached hydrogens (tertiary/aromatic N) is 7. The number of aromatic nitrogens is 7. The van der Waals surface area contributed by atoms with Crippen LogP contribution in [0.15, 0.2) is 51.9 Å². The number of hydrogen-bond acceptors (Lipinski definition) is 7. The van der Waals surface area contributed by atoms with E-state index in [0.717, 1.165) is 22.6 Å². The largest absolute Gasteiger partial charge is 0.420 e. The number of pyridine rings is 1. The van der Waals surface area contributed by atoms with Gasteiger partial charge in [0.1, 0.15) is 12.2 Å². The Morgan fingerprint density at radius 3 is 2.71 bits per heavy atom. The number of fused-ring (bicyclic) bond motifs is 1. The number of benzene rings is 1. The predicted octanol–water partition coefficient (Wildman–Crippen LogP) is 3.54. The molecule has 12 heteroatoms. The average Bonchev–Trinajstić information content (AvgIpc) is 3.60. The van der Waals surface area contributed by atoms with E-state index >= 15 is 0 Å². The van der Waals surface area contributed by atoms with Gasteiger partial charge in [0, 0.05) is 60.4 Å². The second kappa shape index (κ2) is 9.56. The minimum atomic E-state index is -0.177. The van der Waals surface area contributed by atoms with Crippen LogP contribution in [0.1, 0.15) is 30.5 Å². The number of carbonyl (C=O) groups excluding carboxylic acids is 1. The average molecular weight is 533 g/mol. The Morgan fingerprint density at radius 1 is 1.16 bits per heavy atom. The number of aromatic amines is 1. The van der Waals surface area contributed by atoms with E-state index in [2.05, 4.69) is 25.1 Å². The van der Waals surface area contributed by atoms with E-state index in [4.69, 9.17) is 16.0 Å². The van der Waals surface area contributed by atoms with Gasteiger partial charge in [0.15, 0.2) is 5.65 Å². The summed E-state index contributed by atoms with van der Waals surface area (Å²) in [5.74, 6) is 1.20. The molecule has 1 aliphatic rings. The van der Waals surface area contributed by atoms with Crippen molar-refractivity contribution in [1.82, 2.24) is 39.2 Å². The molecule has 1 aliphatic heterocycles. The third-order valence-electron chi connectivity index (χ3n) is 7.07. The molecule has 194 valence electrons. The highest BCUT2D eigenvalue weighted by Gasteiger charge is 2.27. The maximum atomic E-state index is 13.0. The number of rotatable bonds is 5. The lowest BCUT2D eigenvalue weighted by molar-refractivity contribution is -0.132. The summed E-state index contributed by atoms with van der Waals surface area (Å²) in [6.45, 7) is 3.04. The Balaban J connectivity index is 1.13. The van der Waals surface area contributed by atoms with Gasteiger partial charge in [-0.25, -0.2) is 14.8 Å². The van der Waals surface area contributed by atoms with Crippen molar-refractivity contribution >= 4 is 28.7 Å². The van der Waals surface area contributed by atoms with Gasteiger partial charge in [0.25, 0.3) is 0 Å². The van der Waals surface area contributed by atoms with E-state index in [-0.39, 0.29) is 35.8 Å². The fourth-order valence-corrected chi connectivity index (χ4v) is 5.22. The van der Waals surface area contributed by atoms with Crippen LogP contribution in [-0.2, 0) is 18.3 Å². The Bertz CT molecular complexity index is 1710. The van der Waals surface area contributed by atoms with Crippen LogP contribution in [0.5, 0.6) is 0 Å². The highest BCUT2D eigenvalue weighted by Crippen LogP contribution is 2.30. The number of piperidine rings is 1. The number of hydrogen-bond donors (Lipinski definition) is 1. The van der Waals surface area contributed by atoms with Gasteiger partial charge in [-0.3, -0.25) is 14.3 Å². The smallest absolute Gasteiger partial charge is 0.327 e. The summed E-state index contributed by atoms with van der Waals surface area (Å²) >= 11 is 6.38. The predicted molar refractivity (Wildman–Crippen MR) is 141 cm³/mol. The first-order valence-corrected chi connectivity index (χ1v) is 12.7. The molecule has 0 aliphatic carbocycles. The molecule has 1 aromatic carbocycles. The number of halogens is 1. The molecular formula is C26H25ClN8O3.